The molecule has 0 atom stereocenters. The van der Waals surface area contributed by atoms with Gasteiger partial charge < -0.3 is 20.1 Å². The summed E-state index contributed by atoms with van der Waals surface area (Å²) in [5.41, 5.74) is 2.59. The van der Waals surface area contributed by atoms with Crippen LogP contribution < -0.4 is 20.1 Å². The van der Waals surface area contributed by atoms with Crippen LogP contribution in [0.2, 0.25) is 0 Å². The quantitative estimate of drug-likeness (QED) is 0.801. The van der Waals surface area contributed by atoms with Gasteiger partial charge in [-0.3, -0.25) is 9.59 Å². The number of hydrogen-bond donors (Lipinski definition) is 2. The summed E-state index contributed by atoms with van der Waals surface area (Å²) in [6, 6.07) is 12.9. The first-order chi connectivity index (χ1) is 12.6. The van der Waals surface area contributed by atoms with Crippen molar-refractivity contribution in [3.05, 3.63) is 53.6 Å². The number of nitrogens with one attached hydrogen (secondary N) is 2. The lowest BCUT2D eigenvalue weighted by molar-refractivity contribution is -0.120. The molecular weight excluding hydrogens is 332 g/mol. The van der Waals surface area contributed by atoms with Crippen LogP contribution in [0.4, 0.5) is 5.69 Å². The molecule has 0 aromatic heterocycles. The number of benzene rings is 2. The third-order valence-corrected chi connectivity index (χ3v) is 4.01. The van der Waals surface area contributed by atoms with E-state index in [1.807, 2.05) is 49.4 Å². The van der Waals surface area contributed by atoms with Crippen molar-refractivity contribution in [3.8, 4) is 11.5 Å². The van der Waals surface area contributed by atoms with E-state index in [4.69, 9.17) is 9.47 Å². The van der Waals surface area contributed by atoms with Crippen LogP contribution in [-0.4, -0.2) is 18.6 Å². The van der Waals surface area contributed by atoms with Crippen LogP contribution in [0.15, 0.2) is 42.5 Å². The van der Waals surface area contributed by atoms with Crippen LogP contribution in [0, 0.1) is 0 Å². The summed E-state index contributed by atoms with van der Waals surface area (Å²) in [4.78, 5) is 23.7. The van der Waals surface area contributed by atoms with E-state index in [2.05, 4.69) is 10.6 Å². The van der Waals surface area contributed by atoms with Crippen molar-refractivity contribution < 1.29 is 19.1 Å². The highest BCUT2D eigenvalue weighted by Gasteiger charge is 2.13. The Labute approximate surface area is 152 Å². The third kappa shape index (κ3) is 4.75. The Morgan fingerprint density at radius 1 is 0.962 bits per heavy atom. The average molecular weight is 354 g/mol. The maximum Gasteiger partial charge on any atom is 0.231 e. The molecule has 0 bridgehead atoms. The van der Waals surface area contributed by atoms with Gasteiger partial charge in [-0.2, -0.15) is 0 Å². The number of carbonyl (C=O) groups excluding carboxylic acids is 2. The van der Waals surface area contributed by atoms with Crippen molar-refractivity contribution in [2.75, 3.05) is 12.1 Å². The summed E-state index contributed by atoms with van der Waals surface area (Å²) < 4.78 is 10.6. The lowest BCUT2D eigenvalue weighted by Crippen LogP contribution is -2.24. The molecule has 0 aliphatic carbocycles. The molecule has 1 heterocycles. The Hall–Kier alpha value is -3.02. The number of anilines is 1. The van der Waals surface area contributed by atoms with Crippen molar-refractivity contribution in [2.24, 2.45) is 0 Å². The first-order valence-electron chi connectivity index (χ1n) is 8.68. The van der Waals surface area contributed by atoms with Crippen molar-refractivity contribution in [2.45, 2.75) is 32.7 Å². The fraction of sp³-hybridized carbons (Fsp3) is 0.300. The molecule has 136 valence electrons. The van der Waals surface area contributed by atoms with E-state index in [9.17, 15) is 9.59 Å². The molecule has 1 aliphatic rings. The first-order valence-corrected chi connectivity index (χ1v) is 8.68. The molecule has 2 N–H and O–H groups in total. The molecule has 6 heteroatoms. The molecule has 0 fully saturated rings. The molecule has 26 heavy (non-hydrogen) atoms. The van der Waals surface area contributed by atoms with Crippen LogP contribution in [-0.2, 0) is 22.6 Å². The summed E-state index contributed by atoms with van der Waals surface area (Å²) in [5.74, 6) is 1.37. The van der Waals surface area contributed by atoms with E-state index in [1.54, 1.807) is 0 Å². The maximum absolute atomic E-state index is 12.1. The molecule has 0 radical (unpaired) electrons. The molecule has 2 aromatic rings. The van der Waals surface area contributed by atoms with Gasteiger partial charge in [0.25, 0.3) is 0 Å². The third-order valence-electron chi connectivity index (χ3n) is 4.01. The summed E-state index contributed by atoms with van der Waals surface area (Å²) in [5, 5.41) is 5.73. The van der Waals surface area contributed by atoms with Crippen LogP contribution in [0.3, 0.4) is 0 Å². The van der Waals surface area contributed by atoms with Gasteiger partial charge in [0, 0.05) is 18.7 Å². The molecule has 0 unspecified atom stereocenters. The zero-order valence-corrected chi connectivity index (χ0v) is 14.7. The van der Waals surface area contributed by atoms with E-state index in [-0.39, 0.29) is 25.0 Å². The molecule has 3 rings (SSSR count). The molecule has 2 amide bonds. The Balaban J connectivity index is 1.48. The summed E-state index contributed by atoms with van der Waals surface area (Å²) in [6.07, 6.45) is 1.60. The fourth-order valence-electron chi connectivity index (χ4n) is 2.66. The number of fused-ring (bicyclic) bond motifs is 1. The number of hydrogen-bond acceptors (Lipinski definition) is 4. The topological polar surface area (TPSA) is 76.7 Å². The summed E-state index contributed by atoms with van der Waals surface area (Å²) in [6.45, 7) is 2.63. The van der Waals surface area contributed by atoms with E-state index in [0.717, 1.165) is 29.0 Å². The predicted octanol–water partition coefficient (Wildman–Crippen LogP) is 3.01. The largest absolute Gasteiger partial charge is 0.454 e. The highest BCUT2D eigenvalue weighted by Crippen LogP contribution is 2.32. The minimum atomic E-state index is -0.0644. The van der Waals surface area contributed by atoms with Crippen molar-refractivity contribution in [1.29, 1.82) is 0 Å². The van der Waals surface area contributed by atoms with E-state index >= 15 is 0 Å². The number of carbonyl (C=O) groups is 2. The summed E-state index contributed by atoms with van der Waals surface area (Å²) in [7, 11) is 0. The molecular formula is C20H22N2O4. The summed E-state index contributed by atoms with van der Waals surface area (Å²) >= 11 is 0. The lowest BCUT2D eigenvalue weighted by Gasteiger charge is -2.08. The smallest absolute Gasteiger partial charge is 0.231 e. The monoisotopic (exact) mass is 354 g/mol. The molecule has 0 saturated carbocycles. The van der Waals surface area contributed by atoms with E-state index < -0.39 is 0 Å². The SMILES string of the molecule is CCCC(=O)Nc1ccc(CC(=O)NCc2ccc3c(c2)OCO3)cc1. The zero-order chi connectivity index (χ0) is 18.4. The standard InChI is InChI=1S/C20H22N2O4/c1-2-3-19(23)22-16-7-4-14(5-8-16)11-20(24)21-12-15-6-9-17-18(10-15)26-13-25-17/h4-10H,2-3,11-13H2,1H3,(H,21,24)(H,22,23). The minimum absolute atomic E-state index is 0.00159. The molecule has 0 spiro atoms. The van der Waals surface area contributed by atoms with E-state index in [0.29, 0.717) is 18.7 Å². The second kappa shape index (κ2) is 8.38. The normalized spacial score (nSPS) is 11.9. The van der Waals surface area contributed by atoms with Gasteiger partial charge in [0.15, 0.2) is 11.5 Å². The minimum Gasteiger partial charge on any atom is -0.454 e. The van der Waals surface area contributed by atoms with Crippen molar-refractivity contribution in [1.82, 2.24) is 5.32 Å². The highest BCUT2D eigenvalue weighted by molar-refractivity contribution is 5.90. The zero-order valence-electron chi connectivity index (χ0n) is 14.7. The fourth-order valence-corrected chi connectivity index (χ4v) is 2.66. The van der Waals surface area contributed by atoms with Crippen LogP contribution in [0.1, 0.15) is 30.9 Å². The van der Waals surface area contributed by atoms with Gasteiger partial charge in [-0.05, 0) is 41.8 Å². The average Bonchev–Trinajstić information content (AvgIpc) is 3.09. The molecule has 2 aromatic carbocycles. The first kappa shape index (κ1) is 17.8. The van der Waals surface area contributed by atoms with Gasteiger partial charge in [-0.15, -0.1) is 0 Å². The van der Waals surface area contributed by atoms with Crippen LogP contribution in [0.5, 0.6) is 11.5 Å². The van der Waals surface area contributed by atoms with Gasteiger partial charge >= 0.3 is 0 Å². The number of rotatable bonds is 7. The van der Waals surface area contributed by atoms with Crippen LogP contribution >= 0.6 is 0 Å². The van der Waals surface area contributed by atoms with Gasteiger partial charge in [0.05, 0.1) is 6.42 Å². The Kier molecular flexibility index (Phi) is 5.73. The molecule has 0 saturated heterocycles. The van der Waals surface area contributed by atoms with Gasteiger partial charge in [0.1, 0.15) is 0 Å². The predicted molar refractivity (Wildman–Crippen MR) is 98.1 cm³/mol. The molecule has 1 aliphatic heterocycles. The van der Waals surface area contributed by atoms with Gasteiger partial charge in [-0.1, -0.05) is 25.1 Å². The maximum atomic E-state index is 12.1. The van der Waals surface area contributed by atoms with Crippen molar-refractivity contribution in [3.63, 3.8) is 0 Å². The van der Waals surface area contributed by atoms with E-state index in [1.165, 1.54) is 0 Å². The second-order valence-corrected chi connectivity index (χ2v) is 6.14. The molecule has 6 nitrogen and oxygen atoms in total. The lowest BCUT2D eigenvalue weighted by atomic mass is 10.1. The Morgan fingerprint density at radius 2 is 1.69 bits per heavy atom. The highest BCUT2D eigenvalue weighted by atomic mass is 16.7. The van der Waals surface area contributed by atoms with Gasteiger partial charge in [0.2, 0.25) is 18.6 Å². The van der Waals surface area contributed by atoms with Gasteiger partial charge in [-0.25, -0.2) is 0 Å². The van der Waals surface area contributed by atoms with Crippen LogP contribution in [0.25, 0.3) is 0 Å². The van der Waals surface area contributed by atoms with Crippen molar-refractivity contribution >= 4 is 17.5 Å². The number of ether oxygens (including phenoxy) is 2. The Bertz CT molecular complexity index is 787. The Morgan fingerprint density at radius 3 is 2.46 bits per heavy atom. The number of amides is 2. The second-order valence-electron chi connectivity index (χ2n) is 6.14.